The third kappa shape index (κ3) is 6.32. The third-order valence-corrected chi connectivity index (χ3v) is 6.84. The Morgan fingerprint density at radius 1 is 1.00 bits per heavy atom. The minimum Gasteiger partial charge on any atom is -0.322 e. The summed E-state index contributed by atoms with van der Waals surface area (Å²) in [6, 6.07) is 9.26. The quantitative estimate of drug-likeness (QED) is 0.714. The number of likely N-dealkylation sites (tertiary alicyclic amines) is 1. The summed E-state index contributed by atoms with van der Waals surface area (Å²) in [5.74, 6) is 0.687. The Morgan fingerprint density at radius 2 is 1.77 bits per heavy atom. The van der Waals surface area contributed by atoms with Gasteiger partial charge in [-0.15, -0.1) is 0 Å². The van der Waals surface area contributed by atoms with Crippen molar-refractivity contribution in [1.29, 1.82) is 0 Å². The van der Waals surface area contributed by atoms with E-state index in [2.05, 4.69) is 32.2 Å². The van der Waals surface area contributed by atoms with Gasteiger partial charge in [-0.2, -0.15) is 0 Å². The maximum Gasteiger partial charge on any atom is 0.321 e. The number of urea groups is 1. The average molecular weight is 462 g/mol. The summed E-state index contributed by atoms with van der Waals surface area (Å²) in [6.45, 7) is 7.71. The summed E-state index contributed by atoms with van der Waals surface area (Å²) in [7, 11) is 0. The molecule has 0 spiro atoms. The highest BCUT2D eigenvalue weighted by Crippen LogP contribution is 2.25. The van der Waals surface area contributed by atoms with Crippen molar-refractivity contribution in [3.8, 4) is 0 Å². The van der Waals surface area contributed by atoms with Gasteiger partial charge in [0.05, 0.1) is 10.0 Å². The molecule has 0 unspecified atom stereocenters. The number of pyridine rings is 1. The van der Waals surface area contributed by atoms with Gasteiger partial charge in [0, 0.05) is 63.9 Å². The van der Waals surface area contributed by atoms with E-state index in [0.717, 1.165) is 45.8 Å². The molecule has 2 aromatic rings. The number of amides is 2. The second kappa shape index (κ2) is 10.6. The average Bonchev–Trinajstić information content (AvgIpc) is 2.78. The van der Waals surface area contributed by atoms with Crippen LogP contribution in [0.5, 0.6) is 0 Å². The van der Waals surface area contributed by atoms with E-state index in [1.54, 1.807) is 18.2 Å². The van der Waals surface area contributed by atoms with Crippen molar-refractivity contribution >= 4 is 34.9 Å². The fraction of sp³-hybridized carbons (Fsp3) is 0.478. The van der Waals surface area contributed by atoms with Crippen LogP contribution in [0.2, 0.25) is 10.0 Å². The number of benzene rings is 1. The summed E-state index contributed by atoms with van der Waals surface area (Å²) < 4.78 is 0. The highest BCUT2D eigenvalue weighted by molar-refractivity contribution is 6.42. The van der Waals surface area contributed by atoms with Crippen molar-refractivity contribution in [2.24, 2.45) is 5.92 Å². The zero-order valence-corrected chi connectivity index (χ0v) is 19.2. The van der Waals surface area contributed by atoms with Crippen LogP contribution in [0.3, 0.4) is 0 Å². The number of nitrogens with zero attached hydrogens (tertiary/aromatic N) is 4. The van der Waals surface area contributed by atoms with E-state index in [1.165, 1.54) is 24.9 Å². The summed E-state index contributed by atoms with van der Waals surface area (Å²) in [5.41, 5.74) is 2.00. The van der Waals surface area contributed by atoms with E-state index >= 15 is 0 Å². The van der Waals surface area contributed by atoms with Crippen molar-refractivity contribution in [1.82, 2.24) is 19.7 Å². The number of carbonyl (C=O) groups excluding carboxylic acids is 1. The molecule has 0 bridgehead atoms. The lowest BCUT2D eigenvalue weighted by Crippen LogP contribution is -2.52. The lowest BCUT2D eigenvalue weighted by atomic mass is 9.96. The number of hydrogen-bond acceptors (Lipinski definition) is 4. The Kier molecular flexibility index (Phi) is 7.67. The molecule has 0 saturated carbocycles. The zero-order valence-electron chi connectivity index (χ0n) is 17.6. The largest absolute Gasteiger partial charge is 0.322 e. The van der Waals surface area contributed by atoms with E-state index in [-0.39, 0.29) is 6.03 Å². The van der Waals surface area contributed by atoms with Gasteiger partial charge in [-0.1, -0.05) is 23.2 Å². The SMILES string of the molecule is O=C(Nc1ccc(Cl)c(Cl)c1)N1CCN(C[C@@H]2CCCN(Cc3ccncc3)C2)CC1. The van der Waals surface area contributed by atoms with Crippen LogP contribution in [-0.4, -0.2) is 71.5 Å². The van der Waals surface area contributed by atoms with Gasteiger partial charge in [0.1, 0.15) is 0 Å². The second-order valence-corrected chi connectivity index (χ2v) is 9.26. The molecule has 1 aromatic carbocycles. The van der Waals surface area contributed by atoms with Gasteiger partial charge in [0.15, 0.2) is 0 Å². The fourth-order valence-electron chi connectivity index (χ4n) is 4.47. The molecule has 4 rings (SSSR count). The van der Waals surface area contributed by atoms with Crippen molar-refractivity contribution < 1.29 is 4.79 Å². The van der Waals surface area contributed by atoms with E-state index in [0.29, 0.717) is 21.7 Å². The van der Waals surface area contributed by atoms with Crippen LogP contribution in [0.15, 0.2) is 42.7 Å². The molecule has 2 fully saturated rings. The zero-order chi connectivity index (χ0) is 21.6. The highest BCUT2D eigenvalue weighted by atomic mass is 35.5. The van der Waals surface area contributed by atoms with Gasteiger partial charge in [-0.3, -0.25) is 14.8 Å². The van der Waals surface area contributed by atoms with Crippen LogP contribution in [-0.2, 0) is 6.54 Å². The molecule has 2 aliphatic heterocycles. The molecule has 1 aromatic heterocycles. The molecule has 8 heteroatoms. The van der Waals surface area contributed by atoms with Crippen LogP contribution in [0, 0.1) is 5.92 Å². The van der Waals surface area contributed by atoms with E-state index in [9.17, 15) is 4.79 Å². The Balaban J connectivity index is 1.21. The molecule has 2 saturated heterocycles. The summed E-state index contributed by atoms with van der Waals surface area (Å²) in [5, 5.41) is 3.84. The molecule has 6 nitrogen and oxygen atoms in total. The Hall–Kier alpha value is -1.86. The van der Waals surface area contributed by atoms with Crippen molar-refractivity contribution in [2.45, 2.75) is 19.4 Å². The third-order valence-electron chi connectivity index (χ3n) is 6.11. The first kappa shape index (κ1) is 22.3. The molecule has 0 aliphatic carbocycles. The number of rotatable bonds is 5. The molecular formula is C23H29Cl2N5O. The summed E-state index contributed by atoms with van der Waals surface area (Å²) >= 11 is 12.0. The summed E-state index contributed by atoms with van der Waals surface area (Å²) in [4.78, 5) is 23.6. The Morgan fingerprint density at radius 3 is 2.52 bits per heavy atom. The number of anilines is 1. The maximum atomic E-state index is 12.6. The number of piperidine rings is 1. The van der Waals surface area contributed by atoms with E-state index in [1.807, 2.05) is 17.3 Å². The predicted octanol–water partition coefficient (Wildman–Crippen LogP) is 4.45. The Bertz CT molecular complexity index is 874. The monoisotopic (exact) mass is 461 g/mol. The highest BCUT2D eigenvalue weighted by Gasteiger charge is 2.26. The normalized spacial score (nSPS) is 20.6. The van der Waals surface area contributed by atoms with Crippen LogP contribution < -0.4 is 5.32 Å². The van der Waals surface area contributed by atoms with Crippen molar-refractivity contribution in [2.75, 3.05) is 51.1 Å². The first-order valence-electron chi connectivity index (χ1n) is 10.9. The van der Waals surface area contributed by atoms with Crippen molar-refractivity contribution in [3.63, 3.8) is 0 Å². The Labute approximate surface area is 194 Å². The smallest absolute Gasteiger partial charge is 0.321 e. The molecule has 2 aliphatic rings. The minimum absolute atomic E-state index is 0.0840. The molecule has 1 N–H and O–H groups in total. The second-order valence-electron chi connectivity index (χ2n) is 8.45. The number of piperazine rings is 1. The summed E-state index contributed by atoms with van der Waals surface area (Å²) in [6.07, 6.45) is 6.27. The molecule has 31 heavy (non-hydrogen) atoms. The standard InChI is InChI=1S/C23H29Cl2N5O/c24-21-4-3-20(14-22(21)25)27-23(31)30-12-10-28(11-13-30)16-19-2-1-9-29(17-19)15-18-5-7-26-8-6-18/h3-8,14,19H,1-2,9-13,15-17H2,(H,27,31)/t19-/m0/s1. The molecular weight excluding hydrogens is 433 g/mol. The molecule has 3 heterocycles. The maximum absolute atomic E-state index is 12.6. The van der Waals surface area contributed by atoms with E-state index < -0.39 is 0 Å². The number of halogens is 2. The van der Waals surface area contributed by atoms with Gasteiger partial charge in [-0.25, -0.2) is 4.79 Å². The molecule has 2 amide bonds. The number of hydrogen-bond donors (Lipinski definition) is 1. The van der Waals surface area contributed by atoms with Gasteiger partial charge in [-0.05, 0) is 61.2 Å². The van der Waals surface area contributed by atoms with Crippen LogP contribution in [0.4, 0.5) is 10.5 Å². The van der Waals surface area contributed by atoms with E-state index in [4.69, 9.17) is 23.2 Å². The van der Waals surface area contributed by atoms with Gasteiger partial charge in [0.25, 0.3) is 0 Å². The van der Waals surface area contributed by atoms with Gasteiger partial charge in [0.2, 0.25) is 0 Å². The van der Waals surface area contributed by atoms with Gasteiger partial charge < -0.3 is 10.2 Å². The number of aromatic nitrogens is 1. The first-order chi connectivity index (χ1) is 15.1. The lowest BCUT2D eigenvalue weighted by molar-refractivity contribution is 0.0984. The van der Waals surface area contributed by atoms with Crippen LogP contribution in [0.25, 0.3) is 0 Å². The lowest BCUT2D eigenvalue weighted by Gasteiger charge is -2.39. The fourth-order valence-corrected chi connectivity index (χ4v) is 4.76. The predicted molar refractivity (Wildman–Crippen MR) is 126 cm³/mol. The van der Waals surface area contributed by atoms with Gasteiger partial charge >= 0.3 is 6.03 Å². The molecule has 1 atom stereocenters. The minimum atomic E-state index is -0.0840. The number of carbonyl (C=O) groups is 1. The molecule has 166 valence electrons. The molecule has 0 radical (unpaired) electrons. The van der Waals surface area contributed by atoms with Crippen molar-refractivity contribution in [3.05, 3.63) is 58.3 Å². The van der Waals surface area contributed by atoms with Crippen LogP contribution >= 0.6 is 23.2 Å². The number of nitrogens with one attached hydrogen (secondary N) is 1. The first-order valence-corrected chi connectivity index (χ1v) is 11.7. The topological polar surface area (TPSA) is 51.7 Å². The van der Waals surface area contributed by atoms with Crippen LogP contribution in [0.1, 0.15) is 18.4 Å².